The van der Waals surface area contributed by atoms with Crippen LogP contribution in [0.25, 0.3) is 120 Å². The standard InChI is InChI=1S/C56H33N5OS/c62-55-41-22-9-13-25-48(41)59(35-17-5-2-6-18-35)51-33-52-45(30-44(51)55)57-56(60(52)36-27-28-40-39-21-10-14-26-53(39)63-54(40)29-36)61-47-24-12-8-20-38(47)43-31-49-42(32-50(43)61)37-19-7-11-23-46(37)58(49)34-15-3-1-4-16-34/h1-33H. The zero-order chi connectivity index (χ0) is 41.3. The van der Waals surface area contributed by atoms with Gasteiger partial charge < -0.3 is 9.13 Å². The molecule has 0 spiro atoms. The summed E-state index contributed by atoms with van der Waals surface area (Å²) >= 11 is 1.81. The van der Waals surface area contributed by atoms with E-state index in [-0.39, 0.29) is 5.43 Å². The SMILES string of the molecule is O=c1c2ccccc2n(-c2ccccc2)c2cc3c(cc12)nc(-n1c2ccccc2c2cc4c(cc21)c1ccccc1n4-c1ccccc1)n3-c1ccc2c(c1)sc1ccccc12. The second kappa shape index (κ2) is 12.9. The minimum atomic E-state index is -0.00783. The van der Waals surface area contributed by atoms with E-state index in [4.69, 9.17) is 4.98 Å². The van der Waals surface area contributed by atoms with Gasteiger partial charge >= 0.3 is 0 Å². The van der Waals surface area contributed by atoms with Crippen LogP contribution in [0.2, 0.25) is 0 Å². The fraction of sp³-hybridized carbons (Fsp3) is 0. The van der Waals surface area contributed by atoms with Gasteiger partial charge in [-0.3, -0.25) is 13.9 Å². The van der Waals surface area contributed by atoms with Gasteiger partial charge in [0.05, 0.1) is 49.8 Å². The van der Waals surface area contributed by atoms with Crippen molar-refractivity contribution in [3.8, 4) is 23.0 Å². The Morgan fingerprint density at radius 1 is 0.317 bits per heavy atom. The minimum Gasteiger partial charge on any atom is -0.309 e. The molecule has 0 aliphatic carbocycles. The Labute approximate surface area is 363 Å². The normalized spacial score (nSPS) is 12.2. The Hall–Kier alpha value is -8.26. The van der Waals surface area contributed by atoms with Gasteiger partial charge in [-0.15, -0.1) is 11.3 Å². The Morgan fingerprint density at radius 3 is 1.49 bits per heavy atom. The molecule has 63 heavy (non-hydrogen) atoms. The summed E-state index contributed by atoms with van der Waals surface area (Å²) in [6.07, 6.45) is 0. The summed E-state index contributed by atoms with van der Waals surface area (Å²) in [5.41, 5.74) is 10.8. The Kier molecular flexibility index (Phi) is 7.04. The first-order chi connectivity index (χ1) is 31.2. The van der Waals surface area contributed by atoms with Crippen LogP contribution in [-0.4, -0.2) is 23.3 Å². The van der Waals surface area contributed by atoms with Crippen LogP contribution in [0.1, 0.15) is 0 Å². The molecular weight excluding hydrogens is 791 g/mol. The maximum absolute atomic E-state index is 14.6. The van der Waals surface area contributed by atoms with E-state index >= 15 is 0 Å². The molecular formula is C56H33N5OS. The van der Waals surface area contributed by atoms with Crippen molar-refractivity contribution in [2.24, 2.45) is 0 Å². The molecule has 5 heterocycles. The summed E-state index contributed by atoms with van der Waals surface area (Å²) in [4.78, 5) is 20.2. The van der Waals surface area contributed by atoms with Gasteiger partial charge in [0.1, 0.15) is 0 Å². The number of pyridine rings is 1. The lowest BCUT2D eigenvalue weighted by molar-refractivity contribution is 0.957. The monoisotopic (exact) mass is 823 g/mol. The van der Waals surface area contributed by atoms with Crippen molar-refractivity contribution in [2.75, 3.05) is 0 Å². The van der Waals surface area contributed by atoms with Crippen molar-refractivity contribution in [3.63, 3.8) is 0 Å². The van der Waals surface area contributed by atoms with Gasteiger partial charge in [0.15, 0.2) is 5.43 Å². The Bertz CT molecular complexity index is 4280. The van der Waals surface area contributed by atoms with Gasteiger partial charge in [-0.2, -0.15) is 0 Å². The Balaban J connectivity index is 1.15. The van der Waals surface area contributed by atoms with E-state index in [0.29, 0.717) is 10.8 Å². The molecule has 0 aliphatic rings. The average molecular weight is 824 g/mol. The van der Waals surface area contributed by atoms with Crippen molar-refractivity contribution >= 4 is 108 Å². The molecule has 0 N–H and O–H groups in total. The number of para-hydroxylation sites is 5. The number of aromatic nitrogens is 5. The lowest BCUT2D eigenvalue weighted by atomic mass is 10.1. The highest BCUT2D eigenvalue weighted by molar-refractivity contribution is 7.25. The second-order valence-electron chi connectivity index (χ2n) is 16.3. The minimum absolute atomic E-state index is 0.00783. The summed E-state index contributed by atoms with van der Waals surface area (Å²) in [5, 5.41) is 8.40. The van der Waals surface area contributed by atoms with Gasteiger partial charge in [-0.1, -0.05) is 109 Å². The number of fused-ring (bicyclic) bond motifs is 12. The van der Waals surface area contributed by atoms with Crippen molar-refractivity contribution < 1.29 is 0 Å². The molecule has 0 radical (unpaired) electrons. The maximum Gasteiger partial charge on any atom is 0.220 e. The van der Waals surface area contributed by atoms with Gasteiger partial charge in [0.2, 0.25) is 5.95 Å². The van der Waals surface area contributed by atoms with E-state index in [1.54, 1.807) is 0 Å². The molecule has 6 nitrogen and oxygen atoms in total. The van der Waals surface area contributed by atoms with Crippen LogP contribution < -0.4 is 5.43 Å². The van der Waals surface area contributed by atoms with Gasteiger partial charge in [0, 0.05) is 63.9 Å². The number of thiophene rings is 1. The fourth-order valence-corrected chi connectivity index (χ4v) is 11.4. The van der Waals surface area contributed by atoms with E-state index in [9.17, 15) is 4.79 Å². The van der Waals surface area contributed by atoms with Crippen molar-refractivity contribution in [2.45, 2.75) is 0 Å². The van der Waals surface area contributed by atoms with Gasteiger partial charge in [0.25, 0.3) is 0 Å². The van der Waals surface area contributed by atoms with Crippen molar-refractivity contribution in [3.05, 3.63) is 210 Å². The summed E-state index contributed by atoms with van der Waals surface area (Å²) in [5.74, 6) is 0.751. The molecule has 14 rings (SSSR count). The van der Waals surface area contributed by atoms with E-state index < -0.39 is 0 Å². The van der Waals surface area contributed by atoms with Crippen LogP contribution in [0, 0.1) is 0 Å². The zero-order valence-electron chi connectivity index (χ0n) is 33.6. The highest BCUT2D eigenvalue weighted by atomic mass is 32.1. The average Bonchev–Trinajstić information content (AvgIpc) is 4.08. The van der Waals surface area contributed by atoms with E-state index in [0.717, 1.165) is 83.3 Å². The molecule has 7 heteroatoms. The number of benzene rings is 9. The highest BCUT2D eigenvalue weighted by Gasteiger charge is 2.24. The lowest BCUT2D eigenvalue weighted by Crippen LogP contribution is -2.10. The number of imidazole rings is 1. The summed E-state index contributed by atoms with van der Waals surface area (Å²) < 4.78 is 11.7. The van der Waals surface area contributed by atoms with Gasteiger partial charge in [-0.05, 0) is 91.0 Å². The molecule has 0 fully saturated rings. The molecule has 0 unspecified atom stereocenters. The maximum atomic E-state index is 14.6. The first kappa shape index (κ1) is 34.5. The van der Waals surface area contributed by atoms with Crippen LogP contribution in [0.4, 0.5) is 0 Å². The van der Waals surface area contributed by atoms with Crippen LogP contribution in [-0.2, 0) is 0 Å². The Morgan fingerprint density at radius 2 is 0.825 bits per heavy atom. The molecule has 0 amide bonds. The predicted octanol–water partition coefficient (Wildman–Crippen LogP) is 14.0. The van der Waals surface area contributed by atoms with Crippen molar-refractivity contribution in [1.29, 1.82) is 0 Å². The van der Waals surface area contributed by atoms with E-state index in [1.807, 2.05) is 59.9 Å². The molecule has 9 aromatic carbocycles. The smallest absolute Gasteiger partial charge is 0.220 e. The number of hydrogen-bond acceptors (Lipinski definition) is 3. The molecule has 0 aliphatic heterocycles. The highest BCUT2D eigenvalue weighted by Crippen LogP contribution is 2.42. The molecule has 0 saturated heterocycles. The van der Waals surface area contributed by atoms with Gasteiger partial charge in [-0.25, -0.2) is 4.98 Å². The third kappa shape index (κ3) is 4.82. The molecule has 14 aromatic rings. The van der Waals surface area contributed by atoms with Crippen LogP contribution in [0.5, 0.6) is 0 Å². The zero-order valence-corrected chi connectivity index (χ0v) is 34.4. The molecule has 0 bridgehead atoms. The molecule has 0 atom stereocenters. The largest absolute Gasteiger partial charge is 0.309 e. The third-order valence-electron chi connectivity index (χ3n) is 12.9. The molecule has 5 aromatic heterocycles. The fourth-order valence-electron chi connectivity index (χ4n) is 10.2. The number of rotatable bonds is 4. The quantitative estimate of drug-likeness (QED) is 0.166. The van der Waals surface area contributed by atoms with Crippen LogP contribution in [0.3, 0.4) is 0 Å². The second-order valence-corrected chi connectivity index (χ2v) is 17.4. The predicted molar refractivity (Wildman–Crippen MR) is 263 cm³/mol. The summed E-state index contributed by atoms with van der Waals surface area (Å²) in [7, 11) is 0. The van der Waals surface area contributed by atoms with E-state index in [1.165, 1.54) is 25.6 Å². The molecule has 294 valence electrons. The first-order valence-corrected chi connectivity index (χ1v) is 22.0. The van der Waals surface area contributed by atoms with Crippen LogP contribution in [0.15, 0.2) is 205 Å². The first-order valence-electron chi connectivity index (χ1n) is 21.2. The number of nitrogens with zero attached hydrogens (tertiary/aromatic N) is 5. The van der Waals surface area contributed by atoms with E-state index in [2.05, 4.69) is 170 Å². The number of hydrogen-bond donors (Lipinski definition) is 0. The summed E-state index contributed by atoms with van der Waals surface area (Å²) in [6.45, 7) is 0. The topological polar surface area (TPSA) is 49.7 Å². The van der Waals surface area contributed by atoms with Crippen LogP contribution >= 0.6 is 11.3 Å². The third-order valence-corrected chi connectivity index (χ3v) is 14.1. The van der Waals surface area contributed by atoms with Crippen molar-refractivity contribution in [1.82, 2.24) is 23.3 Å². The summed E-state index contributed by atoms with van der Waals surface area (Å²) in [6, 6.07) is 70.5. The molecule has 0 saturated carbocycles. The lowest BCUT2D eigenvalue weighted by Gasteiger charge is -2.16.